The zero-order chi connectivity index (χ0) is 16.6. The smallest absolute Gasteiger partial charge is 0.410 e. The Morgan fingerprint density at radius 2 is 1.70 bits per heavy atom. The number of nitrogens with zero attached hydrogens (tertiary/aromatic N) is 1. The molecule has 3 rings (SSSR count). The maximum atomic E-state index is 12.5. The van der Waals surface area contributed by atoms with Gasteiger partial charge in [0.05, 0.1) is 0 Å². The number of thioether (sulfide) groups is 1. The van der Waals surface area contributed by atoms with Crippen molar-refractivity contribution < 1.29 is 9.53 Å². The van der Waals surface area contributed by atoms with Gasteiger partial charge in [-0.05, 0) is 72.0 Å². The van der Waals surface area contributed by atoms with Gasteiger partial charge in [-0.1, -0.05) is 0 Å². The lowest BCUT2D eigenvalue weighted by Gasteiger charge is -2.40. The summed E-state index contributed by atoms with van der Waals surface area (Å²) in [6.45, 7) is 5.84. The first kappa shape index (κ1) is 17.4. The summed E-state index contributed by atoms with van der Waals surface area (Å²) in [7, 11) is 0. The van der Waals surface area contributed by atoms with E-state index in [0.717, 1.165) is 30.9 Å². The number of fused-ring (bicyclic) bond motifs is 2. The lowest BCUT2D eigenvalue weighted by molar-refractivity contribution is 0.00432. The maximum absolute atomic E-state index is 12.5. The van der Waals surface area contributed by atoms with Gasteiger partial charge in [-0.2, -0.15) is 11.8 Å². The number of ether oxygens (including phenoxy) is 1. The summed E-state index contributed by atoms with van der Waals surface area (Å²) in [6.07, 6.45) is 10.6. The van der Waals surface area contributed by atoms with Crippen LogP contribution < -0.4 is 5.32 Å². The number of amides is 1. The minimum atomic E-state index is -0.400. The fraction of sp³-hybridized carbons (Fsp3) is 0.944. The Hall–Kier alpha value is -0.420. The molecule has 0 spiro atoms. The highest BCUT2D eigenvalue weighted by Crippen LogP contribution is 2.38. The van der Waals surface area contributed by atoms with Gasteiger partial charge in [0.25, 0.3) is 0 Å². The van der Waals surface area contributed by atoms with Crippen molar-refractivity contribution >= 4 is 17.9 Å². The Labute approximate surface area is 145 Å². The molecule has 132 valence electrons. The number of rotatable bonds is 3. The van der Waals surface area contributed by atoms with Crippen molar-refractivity contribution in [3.63, 3.8) is 0 Å². The highest BCUT2D eigenvalue weighted by Gasteiger charge is 2.45. The summed E-state index contributed by atoms with van der Waals surface area (Å²) in [5.41, 5.74) is -0.400. The highest BCUT2D eigenvalue weighted by molar-refractivity contribution is 7.99. The van der Waals surface area contributed by atoms with Gasteiger partial charge < -0.3 is 15.0 Å². The van der Waals surface area contributed by atoms with Gasteiger partial charge in [0, 0.05) is 29.4 Å². The molecule has 4 nitrogen and oxygen atoms in total. The molecule has 1 amide bonds. The molecule has 0 aromatic carbocycles. The SMILES string of the molecule is CS[C@@H]1CC[C@H](NC2C[C@H]3CC[C@@H](C2)N3C(=O)OC(C)(C)C)C1. The number of nitrogens with one attached hydrogen (secondary N) is 1. The van der Waals surface area contributed by atoms with E-state index in [1.54, 1.807) is 0 Å². The van der Waals surface area contributed by atoms with Gasteiger partial charge in [-0.15, -0.1) is 0 Å². The molecule has 2 bridgehead atoms. The molecule has 1 unspecified atom stereocenters. The normalized spacial score (nSPS) is 37.2. The van der Waals surface area contributed by atoms with E-state index in [1.165, 1.54) is 19.3 Å². The van der Waals surface area contributed by atoms with Crippen molar-refractivity contribution in [2.75, 3.05) is 6.26 Å². The lowest BCUT2D eigenvalue weighted by atomic mass is 9.96. The van der Waals surface area contributed by atoms with E-state index in [2.05, 4.69) is 11.6 Å². The monoisotopic (exact) mass is 340 g/mol. The van der Waals surface area contributed by atoms with Crippen LogP contribution in [0.4, 0.5) is 4.79 Å². The maximum Gasteiger partial charge on any atom is 0.410 e. The molecule has 5 atom stereocenters. The fourth-order valence-corrected chi connectivity index (χ4v) is 5.36. The van der Waals surface area contributed by atoms with E-state index in [0.29, 0.717) is 24.2 Å². The highest BCUT2D eigenvalue weighted by atomic mass is 32.2. The molecule has 1 saturated carbocycles. The molecule has 23 heavy (non-hydrogen) atoms. The van der Waals surface area contributed by atoms with Crippen LogP contribution in [0.5, 0.6) is 0 Å². The summed E-state index contributed by atoms with van der Waals surface area (Å²) in [4.78, 5) is 14.5. The first-order chi connectivity index (χ1) is 10.9. The second-order valence-corrected chi connectivity index (χ2v) is 9.61. The van der Waals surface area contributed by atoms with Gasteiger partial charge in [0.1, 0.15) is 5.60 Å². The zero-order valence-corrected chi connectivity index (χ0v) is 15.8. The van der Waals surface area contributed by atoms with E-state index < -0.39 is 5.60 Å². The van der Waals surface area contributed by atoms with E-state index in [1.807, 2.05) is 37.4 Å². The molecule has 0 radical (unpaired) electrons. The van der Waals surface area contributed by atoms with E-state index in [9.17, 15) is 4.79 Å². The third-order valence-electron chi connectivity index (χ3n) is 5.53. The van der Waals surface area contributed by atoms with Gasteiger partial charge >= 0.3 is 6.09 Å². The van der Waals surface area contributed by atoms with Gasteiger partial charge in [-0.25, -0.2) is 4.79 Å². The van der Waals surface area contributed by atoms with Crippen LogP contribution in [0.25, 0.3) is 0 Å². The molecule has 2 aliphatic heterocycles. The van der Waals surface area contributed by atoms with Crippen LogP contribution in [0.1, 0.15) is 65.7 Å². The quantitative estimate of drug-likeness (QED) is 0.849. The number of carbonyl (C=O) groups excluding carboxylic acids is 1. The van der Waals surface area contributed by atoms with Crippen LogP contribution in [0, 0.1) is 0 Å². The summed E-state index contributed by atoms with van der Waals surface area (Å²) in [5.74, 6) is 0. The molecule has 3 aliphatic rings. The second kappa shape index (κ2) is 6.83. The first-order valence-electron chi connectivity index (χ1n) is 9.16. The second-order valence-electron chi connectivity index (χ2n) is 8.48. The Morgan fingerprint density at radius 1 is 1.04 bits per heavy atom. The van der Waals surface area contributed by atoms with Crippen LogP contribution in [-0.2, 0) is 4.74 Å². The standard InChI is InChI=1S/C18H32N2O2S/c1-18(2,3)22-17(21)20-14-6-7-15(20)10-13(9-14)19-12-5-8-16(11-12)23-4/h12-16,19H,5-11H2,1-4H3/t12-,13?,14-,15+,16+/m0/s1. The van der Waals surface area contributed by atoms with Crippen molar-refractivity contribution in [1.82, 2.24) is 10.2 Å². The largest absolute Gasteiger partial charge is 0.444 e. The molecule has 2 heterocycles. The number of hydrogen-bond donors (Lipinski definition) is 1. The molecule has 0 aromatic heterocycles. The molecule has 1 aliphatic carbocycles. The molecule has 1 N–H and O–H groups in total. The minimum absolute atomic E-state index is 0.105. The molecular weight excluding hydrogens is 308 g/mol. The van der Waals surface area contributed by atoms with Crippen LogP contribution in [-0.4, -0.2) is 52.3 Å². The van der Waals surface area contributed by atoms with Gasteiger partial charge in [-0.3, -0.25) is 0 Å². The van der Waals surface area contributed by atoms with E-state index in [-0.39, 0.29) is 6.09 Å². The molecule has 5 heteroatoms. The summed E-state index contributed by atoms with van der Waals surface area (Å²) < 4.78 is 5.62. The Bertz CT molecular complexity index is 423. The molecule has 2 saturated heterocycles. The fourth-order valence-electron chi connectivity index (χ4n) is 4.56. The number of hydrogen-bond acceptors (Lipinski definition) is 4. The number of piperidine rings is 1. The van der Waals surface area contributed by atoms with Crippen molar-refractivity contribution in [2.45, 2.75) is 101 Å². The average Bonchev–Trinajstić information content (AvgIpc) is 3.00. The van der Waals surface area contributed by atoms with Crippen LogP contribution in [0.3, 0.4) is 0 Å². The first-order valence-corrected chi connectivity index (χ1v) is 10.4. The average molecular weight is 341 g/mol. The lowest BCUT2D eigenvalue weighted by Crippen LogP contribution is -2.53. The topological polar surface area (TPSA) is 41.6 Å². The Morgan fingerprint density at radius 3 is 2.22 bits per heavy atom. The van der Waals surface area contributed by atoms with Crippen molar-refractivity contribution in [1.29, 1.82) is 0 Å². The number of carbonyl (C=O) groups is 1. The third kappa shape index (κ3) is 4.16. The summed E-state index contributed by atoms with van der Waals surface area (Å²) in [5, 5.41) is 4.74. The van der Waals surface area contributed by atoms with E-state index in [4.69, 9.17) is 4.74 Å². The zero-order valence-electron chi connectivity index (χ0n) is 15.0. The van der Waals surface area contributed by atoms with E-state index >= 15 is 0 Å². The third-order valence-corrected chi connectivity index (χ3v) is 6.62. The van der Waals surface area contributed by atoms with Crippen LogP contribution in [0.15, 0.2) is 0 Å². The minimum Gasteiger partial charge on any atom is -0.444 e. The predicted octanol–water partition coefficient (Wildman–Crippen LogP) is 3.79. The Kier molecular flexibility index (Phi) is 5.17. The summed E-state index contributed by atoms with van der Waals surface area (Å²) in [6, 6.07) is 2.01. The molecular formula is C18H32N2O2S. The van der Waals surface area contributed by atoms with Gasteiger partial charge in [0.2, 0.25) is 0 Å². The van der Waals surface area contributed by atoms with Crippen LogP contribution >= 0.6 is 11.8 Å². The van der Waals surface area contributed by atoms with Crippen molar-refractivity contribution in [3.8, 4) is 0 Å². The van der Waals surface area contributed by atoms with Crippen molar-refractivity contribution in [2.24, 2.45) is 0 Å². The molecule has 3 fully saturated rings. The molecule has 0 aromatic rings. The van der Waals surface area contributed by atoms with Crippen LogP contribution in [0.2, 0.25) is 0 Å². The Balaban J connectivity index is 1.54. The van der Waals surface area contributed by atoms with Crippen molar-refractivity contribution in [3.05, 3.63) is 0 Å². The van der Waals surface area contributed by atoms with Gasteiger partial charge in [0.15, 0.2) is 0 Å². The summed E-state index contributed by atoms with van der Waals surface area (Å²) >= 11 is 2.01. The predicted molar refractivity (Wildman–Crippen MR) is 96.0 cm³/mol.